The summed E-state index contributed by atoms with van der Waals surface area (Å²) in [5, 5.41) is 71.6. The number of fused-ring (bicyclic) bond motifs is 1. The van der Waals surface area contributed by atoms with Gasteiger partial charge in [-0.05, 0) is 83.8 Å². The fourth-order valence-corrected chi connectivity index (χ4v) is 14.0. The van der Waals surface area contributed by atoms with Gasteiger partial charge in [0, 0.05) is 63.2 Å². The minimum atomic E-state index is -1.91. The van der Waals surface area contributed by atoms with Crippen molar-refractivity contribution in [2.24, 2.45) is 11.5 Å². The van der Waals surface area contributed by atoms with Gasteiger partial charge >= 0.3 is 5.97 Å². The second-order valence-electron chi connectivity index (χ2n) is 26.8. The van der Waals surface area contributed by atoms with Gasteiger partial charge in [-0.1, -0.05) is 193 Å². The van der Waals surface area contributed by atoms with E-state index >= 15 is 24.0 Å². The molecule has 6 aromatic rings. The highest BCUT2D eigenvalue weighted by molar-refractivity contribution is 8.76. The molecule has 6 aromatic carbocycles. The number of benzene rings is 6. The number of carboxylic acids is 1. The molecule has 0 aromatic heterocycles. The summed E-state index contributed by atoms with van der Waals surface area (Å²) in [5.74, 6) is -11.8. The topological polar surface area (TPSA) is 444 Å². The lowest BCUT2D eigenvalue weighted by Crippen LogP contribution is -2.63. The Hall–Kier alpha value is -9.79. The summed E-state index contributed by atoms with van der Waals surface area (Å²) in [6, 6.07) is 28.4. The number of nitrogens with two attached hydrogens (primary N) is 2. The lowest BCUT2D eigenvalue weighted by Gasteiger charge is -2.33. The number of aliphatic hydroxyl groups excluding tert-OH is 3. The van der Waals surface area contributed by atoms with Gasteiger partial charge in [-0.15, -0.1) is 0 Å². The monoisotopic (exact) mass is 1510 g/mol. The number of rotatable bonds is 21. The molecule has 10 amide bonds. The Morgan fingerprint density at radius 2 is 0.869 bits per heavy atom. The van der Waals surface area contributed by atoms with E-state index in [2.05, 4.69) is 53.2 Å². The molecule has 28 nitrogen and oxygen atoms in total. The van der Waals surface area contributed by atoms with Crippen molar-refractivity contribution in [2.75, 3.05) is 31.7 Å². The summed E-state index contributed by atoms with van der Waals surface area (Å²) in [4.78, 5) is 162. The van der Waals surface area contributed by atoms with Crippen LogP contribution in [-0.2, 0) is 91.4 Å². The lowest BCUT2D eigenvalue weighted by atomic mass is 9.98. The van der Waals surface area contributed by atoms with E-state index in [4.69, 9.17) is 11.5 Å². The number of carboxylic acid groups (broad SMARTS) is 1. The minimum Gasteiger partial charge on any atom is -0.480 e. The van der Waals surface area contributed by atoms with Crippen molar-refractivity contribution in [1.82, 2.24) is 58.1 Å². The summed E-state index contributed by atoms with van der Waals surface area (Å²) in [7, 11) is 3.24. The van der Waals surface area contributed by atoms with Gasteiger partial charge in [-0.25, -0.2) is 4.79 Å². The summed E-state index contributed by atoms with van der Waals surface area (Å²) in [5.41, 5.74) is 16.0. The predicted molar refractivity (Wildman–Crippen MR) is 408 cm³/mol. The zero-order valence-corrected chi connectivity index (χ0v) is 62.1. The zero-order chi connectivity index (χ0) is 77.7. The van der Waals surface area contributed by atoms with Crippen molar-refractivity contribution in [3.8, 4) is 0 Å². The van der Waals surface area contributed by atoms with Gasteiger partial charge in [-0.2, -0.15) is 0 Å². The molecule has 1 aliphatic heterocycles. The Morgan fingerprint density at radius 1 is 0.467 bits per heavy atom. The molecule has 30 heteroatoms. The van der Waals surface area contributed by atoms with Crippen LogP contribution < -0.4 is 64.6 Å². The first-order chi connectivity index (χ1) is 51.2. The normalized spacial score (nSPS) is 23.6. The molecule has 0 spiro atoms. The highest BCUT2D eigenvalue weighted by atomic mass is 33.1. The number of nitrogens with one attached hydrogen (secondary N) is 10. The Bertz CT molecular complexity index is 3960. The molecule has 574 valence electrons. The number of hydrogen-bond acceptors (Lipinski definition) is 19. The highest BCUT2D eigenvalue weighted by Crippen LogP contribution is 2.24. The molecule has 0 radical (unpaired) electrons. The first-order valence-corrected chi connectivity index (χ1v) is 38.0. The van der Waals surface area contributed by atoms with Crippen LogP contribution in [0.15, 0.2) is 158 Å². The van der Waals surface area contributed by atoms with E-state index in [1.807, 2.05) is 62.4 Å². The van der Waals surface area contributed by atoms with Crippen LogP contribution in [0.3, 0.4) is 0 Å². The lowest BCUT2D eigenvalue weighted by molar-refractivity contribution is -0.143. The standard InChI is InChI=1S/C77H99N13O15S2/c1-45(2)80-41-52-30-28-51(29-31-52)38-59-70(97)88-65(46(3)92)74(101)85-60(37-49-21-11-7-12-22-49)71(98)89-66(47(4)93)75(102)86-62(42-91)72(99)87-63(77(104)105)44-107-106-43-56(79)67(94)81-57(27-17-18-34-78)76(103)90(5)64(40-50-23-13-8-14-24-50)73(100)84-58(36-48-19-9-6-10-20-48)68(95)83-61(69(96)82-59)39-53-32-33-54-25-15-16-26-55(54)35-53/h6-16,19-26,28-33,35,45-47,56-66,80,91-93H,17-18,27,34,36-44,78-79H2,1-5H3,(H,81,94)(H,82,96)(H,83,95)(H,84,100)(H,85,101)(H,86,102)(H,87,99)(H,88,97)(H,89,98)(H,104,105)/t46-,47-,56+,57+,58+,59+,60+,61-,62+,63+,64+,65-,66+/m1/s1. The number of amides is 10. The number of hydrogen-bond donors (Lipinski definition) is 16. The fraction of sp³-hybridized carbons (Fsp3) is 0.416. The quantitative estimate of drug-likeness (QED) is 0.0349. The molecule has 0 aliphatic carbocycles. The maximum atomic E-state index is 15.6. The Balaban J connectivity index is 1.33. The molecule has 18 N–H and O–H groups in total. The summed E-state index contributed by atoms with van der Waals surface area (Å²) in [6.45, 7) is 5.93. The van der Waals surface area contributed by atoms with Crippen LogP contribution in [0.5, 0.6) is 0 Å². The number of likely N-dealkylation sites (N-methyl/N-ethyl adjacent to an activating group) is 1. The molecule has 107 heavy (non-hydrogen) atoms. The maximum absolute atomic E-state index is 15.6. The average Bonchev–Trinajstić information content (AvgIpc) is 0.844. The van der Waals surface area contributed by atoms with Crippen LogP contribution in [0.1, 0.15) is 80.3 Å². The fourth-order valence-electron chi connectivity index (χ4n) is 11.8. The third-order valence-corrected chi connectivity index (χ3v) is 20.4. The van der Waals surface area contributed by atoms with E-state index in [9.17, 15) is 49.2 Å². The summed E-state index contributed by atoms with van der Waals surface area (Å²) in [6.07, 6.45) is -3.61. The molecule has 7 rings (SSSR count). The predicted octanol–water partition coefficient (Wildman–Crippen LogP) is 0.731. The van der Waals surface area contributed by atoms with Crippen molar-refractivity contribution >= 4 is 97.4 Å². The van der Waals surface area contributed by atoms with Gasteiger partial charge in [0.25, 0.3) is 0 Å². The minimum absolute atomic E-state index is 0.0420. The summed E-state index contributed by atoms with van der Waals surface area (Å²) < 4.78 is 0. The van der Waals surface area contributed by atoms with Crippen molar-refractivity contribution in [1.29, 1.82) is 0 Å². The van der Waals surface area contributed by atoms with E-state index in [1.54, 1.807) is 109 Å². The second-order valence-corrected chi connectivity index (χ2v) is 29.4. The maximum Gasteiger partial charge on any atom is 0.327 e. The van der Waals surface area contributed by atoms with Crippen molar-refractivity contribution in [3.05, 3.63) is 191 Å². The highest BCUT2D eigenvalue weighted by Gasteiger charge is 2.40. The SMILES string of the molecule is CC(C)NCc1ccc(C[C@@H]2NC(=O)[C@@H](Cc3ccc4ccccc4c3)NC(=O)[C@H](Cc3ccccc3)NC(=O)[C@H](Cc3ccccc3)N(C)C(=O)[C@H](CCCCN)NC(=O)[C@@H](N)CSSC[C@@H](C(=O)O)NC(=O)[C@H](CO)NC(=O)[C@H]([C@@H](C)O)NC(=O)[C@H](Cc3ccccc3)NC(=O)[C@@H]([C@@H](C)O)NC2=O)cc1. The molecule has 1 heterocycles. The van der Waals surface area contributed by atoms with Crippen LogP contribution in [0, 0.1) is 0 Å². The number of unbranched alkanes of at least 4 members (excludes halogenated alkanes) is 1. The second kappa shape index (κ2) is 42.5. The van der Waals surface area contributed by atoms with E-state index in [-0.39, 0.29) is 62.6 Å². The van der Waals surface area contributed by atoms with Crippen LogP contribution in [-0.4, -0.2) is 207 Å². The van der Waals surface area contributed by atoms with Gasteiger partial charge in [0.2, 0.25) is 59.1 Å². The van der Waals surface area contributed by atoms with Crippen molar-refractivity contribution < 1.29 is 73.2 Å². The first-order valence-electron chi connectivity index (χ1n) is 35.5. The van der Waals surface area contributed by atoms with Crippen LogP contribution in [0.2, 0.25) is 0 Å². The molecule has 1 aliphatic rings. The first kappa shape index (κ1) is 84.5. The zero-order valence-electron chi connectivity index (χ0n) is 60.5. The Morgan fingerprint density at radius 3 is 1.36 bits per heavy atom. The van der Waals surface area contributed by atoms with E-state index in [1.165, 1.54) is 18.9 Å². The van der Waals surface area contributed by atoms with Gasteiger partial charge in [-0.3, -0.25) is 47.9 Å². The van der Waals surface area contributed by atoms with Crippen molar-refractivity contribution in [3.63, 3.8) is 0 Å². The number of carbonyl (C=O) groups is 11. The molecule has 0 unspecified atom stereocenters. The van der Waals surface area contributed by atoms with E-state index in [0.29, 0.717) is 47.2 Å². The van der Waals surface area contributed by atoms with Gasteiger partial charge in [0.15, 0.2) is 0 Å². The Kier molecular flexibility index (Phi) is 33.6. The largest absolute Gasteiger partial charge is 0.480 e. The van der Waals surface area contributed by atoms with E-state index in [0.717, 1.165) is 44.8 Å². The van der Waals surface area contributed by atoms with Gasteiger partial charge in [0.05, 0.1) is 24.9 Å². The number of aliphatic carboxylic acids is 1. The molecular weight excluding hydrogens is 1410 g/mol. The van der Waals surface area contributed by atoms with E-state index < -0.39 is 150 Å². The summed E-state index contributed by atoms with van der Waals surface area (Å²) >= 11 is 0. The molecular formula is C77H99N13O15S2. The molecule has 13 atom stereocenters. The number of nitrogens with zero attached hydrogens (tertiary/aromatic N) is 1. The smallest absolute Gasteiger partial charge is 0.327 e. The van der Waals surface area contributed by atoms with Crippen LogP contribution in [0.25, 0.3) is 10.8 Å². The van der Waals surface area contributed by atoms with Crippen LogP contribution in [0.4, 0.5) is 0 Å². The Labute approximate surface area is 630 Å². The molecule has 0 bridgehead atoms. The van der Waals surface area contributed by atoms with Gasteiger partial charge < -0.3 is 90.0 Å². The van der Waals surface area contributed by atoms with Crippen molar-refractivity contribution in [2.45, 2.75) is 170 Å². The third kappa shape index (κ3) is 26.6. The average molecular weight is 1510 g/mol. The molecule has 0 saturated carbocycles. The van der Waals surface area contributed by atoms with Gasteiger partial charge in [0.1, 0.15) is 60.4 Å². The third-order valence-electron chi connectivity index (χ3n) is 17.9. The molecule has 1 saturated heterocycles. The molecule has 1 fully saturated rings. The number of aliphatic hydroxyl groups is 3. The number of carbonyl (C=O) groups excluding carboxylic acids is 10. The van der Waals surface area contributed by atoms with Crippen LogP contribution >= 0.6 is 21.6 Å².